The fourth-order valence-corrected chi connectivity index (χ4v) is 2.61. The van der Waals surface area contributed by atoms with Crippen LogP contribution in [0.15, 0.2) is 0 Å². The third kappa shape index (κ3) is 5.47. The molecule has 0 saturated carbocycles. The van der Waals surface area contributed by atoms with Gasteiger partial charge in [0.1, 0.15) is 0 Å². The van der Waals surface area contributed by atoms with Gasteiger partial charge in [-0.1, -0.05) is 13.8 Å². The maximum absolute atomic E-state index is 11.8. The molecule has 5 nitrogen and oxygen atoms in total. The fourth-order valence-electron chi connectivity index (χ4n) is 2.61. The van der Waals surface area contributed by atoms with Crippen molar-refractivity contribution in [3.8, 4) is 0 Å². The summed E-state index contributed by atoms with van der Waals surface area (Å²) in [5, 5.41) is 2.98. The number of hydrogen-bond donors (Lipinski definition) is 2. The van der Waals surface area contributed by atoms with Crippen LogP contribution >= 0.6 is 0 Å². The summed E-state index contributed by atoms with van der Waals surface area (Å²) in [4.78, 5) is 11.8. The summed E-state index contributed by atoms with van der Waals surface area (Å²) in [7, 11) is 1.58. The first-order valence-electron chi connectivity index (χ1n) is 7.19. The minimum absolute atomic E-state index is 0.00498. The molecule has 1 heterocycles. The average Bonchev–Trinajstić information content (AvgIpc) is 2.42. The fraction of sp³-hybridized carbons (Fsp3) is 0.929. The van der Waals surface area contributed by atoms with Crippen LogP contribution in [-0.4, -0.2) is 44.9 Å². The van der Waals surface area contributed by atoms with Crippen LogP contribution in [0, 0.1) is 11.8 Å². The molecular weight excluding hydrogens is 244 g/mol. The van der Waals surface area contributed by atoms with Gasteiger partial charge in [-0.25, -0.2) is 0 Å². The van der Waals surface area contributed by atoms with Crippen molar-refractivity contribution in [2.45, 2.75) is 45.3 Å². The van der Waals surface area contributed by atoms with Crippen LogP contribution in [0.5, 0.6) is 0 Å². The standard InChI is InChI=1S/C14H28N2O3/c1-10(2)14-11(5-4-6-19-14)9-16-13(17)7-12(8-15)18-3/h10-12,14H,4-9,15H2,1-3H3,(H,16,17). The topological polar surface area (TPSA) is 73.6 Å². The number of nitrogens with two attached hydrogens (primary N) is 1. The Labute approximate surface area is 116 Å². The molecule has 0 aliphatic carbocycles. The Kier molecular flexibility index (Phi) is 7.34. The number of ether oxygens (including phenoxy) is 2. The monoisotopic (exact) mass is 272 g/mol. The second-order valence-corrected chi connectivity index (χ2v) is 5.58. The van der Waals surface area contributed by atoms with Gasteiger partial charge in [-0.05, 0) is 18.8 Å². The zero-order valence-corrected chi connectivity index (χ0v) is 12.4. The Morgan fingerprint density at radius 2 is 2.26 bits per heavy atom. The number of rotatable bonds is 7. The van der Waals surface area contributed by atoms with Gasteiger partial charge in [0.2, 0.25) is 5.91 Å². The highest BCUT2D eigenvalue weighted by Crippen LogP contribution is 2.25. The molecule has 1 aliphatic heterocycles. The van der Waals surface area contributed by atoms with Gasteiger partial charge >= 0.3 is 0 Å². The summed E-state index contributed by atoms with van der Waals surface area (Å²) < 4.78 is 10.9. The van der Waals surface area contributed by atoms with Crippen LogP contribution in [0.2, 0.25) is 0 Å². The zero-order chi connectivity index (χ0) is 14.3. The van der Waals surface area contributed by atoms with Gasteiger partial charge in [-0.2, -0.15) is 0 Å². The number of amides is 1. The van der Waals surface area contributed by atoms with E-state index in [1.165, 1.54) is 0 Å². The van der Waals surface area contributed by atoms with Crippen LogP contribution in [0.3, 0.4) is 0 Å². The van der Waals surface area contributed by atoms with Gasteiger partial charge in [0, 0.05) is 32.7 Å². The summed E-state index contributed by atoms with van der Waals surface area (Å²) in [6.07, 6.45) is 2.58. The molecule has 0 aromatic carbocycles. The molecule has 3 atom stereocenters. The lowest BCUT2D eigenvalue weighted by Crippen LogP contribution is -2.42. The molecule has 0 aromatic rings. The van der Waals surface area contributed by atoms with E-state index in [0.717, 1.165) is 19.4 Å². The van der Waals surface area contributed by atoms with E-state index in [1.807, 2.05) is 0 Å². The Bertz CT molecular complexity index is 267. The number of carbonyl (C=O) groups is 1. The number of nitrogens with one attached hydrogen (secondary N) is 1. The van der Waals surface area contributed by atoms with Gasteiger partial charge in [0.05, 0.1) is 18.6 Å². The van der Waals surface area contributed by atoms with Crippen LogP contribution in [-0.2, 0) is 14.3 Å². The lowest BCUT2D eigenvalue weighted by molar-refractivity contribution is -0.124. The van der Waals surface area contributed by atoms with Crippen molar-refractivity contribution in [3.63, 3.8) is 0 Å². The first kappa shape index (κ1) is 16.4. The lowest BCUT2D eigenvalue weighted by Gasteiger charge is -2.34. The second-order valence-electron chi connectivity index (χ2n) is 5.58. The van der Waals surface area contributed by atoms with Crippen molar-refractivity contribution in [1.29, 1.82) is 0 Å². The molecule has 112 valence electrons. The summed E-state index contributed by atoms with van der Waals surface area (Å²) in [6.45, 7) is 6.22. The highest BCUT2D eigenvalue weighted by molar-refractivity contribution is 5.76. The number of carbonyl (C=O) groups excluding carboxylic acids is 1. The number of hydrogen-bond acceptors (Lipinski definition) is 4. The van der Waals surface area contributed by atoms with E-state index in [9.17, 15) is 4.79 Å². The predicted molar refractivity (Wildman–Crippen MR) is 74.8 cm³/mol. The summed E-state index contributed by atoms with van der Waals surface area (Å²) in [5.41, 5.74) is 5.51. The SMILES string of the molecule is COC(CN)CC(=O)NCC1CCCOC1C(C)C. The molecule has 1 saturated heterocycles. The maximum Gasteiger partial charge on any atom is 0.222 e. The van der Waals surface area contributed by atoms with Crippen molar-refractivity contribution in [2.75, 3.05) is 26.8 Å². The molecule has 0 spiro atoms. The third-order valence-corrected chi connectivity index (χ3v) is 3.72. The van der Waals surface area contributed by atoms with Gasteiger partial charge in [0.25, 0.3) is 0 Å². The zero-order valence-electron chi connectivity index (χ0n) is 12.4. The normalized spacial score (nSPS) is 25.3. The van der Waals surface area contributed by atoms with E-state index in [-0.39, 0.29) is 18.1 Å². The molecule has 0 bridgehead atoms. The maximum atomic E-state index is 11.8. The minimum atomic E-state index is -0.191. The predicted octanol–water partition coefficient (Wildman–Crippen LogP) is 0.918. The molecule has 1 rings (SSSR count). The van der Waals surface area contributed by atoms with E-state index in [2.05, 4.69) is 19.2 Å². The Morgan fingerprint density at radius 1 is 1.53 bits per heavy atom. The van der Waals surface area contributed by atoms with E-state index in [1.54, 1.807) is 7.11 Å². The molecule has 1 aliphatic rings. The third-order valence-electron chi connectivity index (χ3n) is 3.72. The van der Waals surface area contributed by atoms with Crippen molar-refractivity contribution < 1.29 is 14.3 Å². The van der Waals surface area contributed by atoms with E-state index >= 15 is 0 Å². The van der Waals surface area contributed by atoms with Gasteiger partial charge in [-0.15, -0.1) is 0 Å². The van der Waals surface area contributed by atoms with Crippen LogP contribution < -0.4 is 11.1 Å². The Morgan fingerprint density at radius 3 is 2.84 bits per heavy atom. The summed E-state index contributed by atoms with van der Waals surface area (Å²) >= 11 is 0. The molecule has 3 N–H and O–H groups in total. The van der Waals surface area contributed by atoms with E-state index < -0.39 is 0 Å². The van der Waals surface area contributed by atoms with Crippen molar-refractivity contribution in [3.05, 3.63) is 0 Å². The Balaban J connectivity index is 2.35. The Hall–Kier alpha value is -0.650. The summed E-state index contributed by atoms with van der Waals surface area (Å²) in [5.74, 6) is 0.903. The van der Waals surface area contributed by atoms with Crippen LogP contribution in [0.25, 0.3) is 0 Å². The van der Waals surface area contributed by atoms with Gasteiger partial charge in [-0.3, -0.25) is 4.79 Å². The van der Waals surface area contributed by atoms with Crippen LogP contribution in [0.1, 0.15) is 33.1 Å². The van der Waals surface area contributed by atoms with Gasteiger partial charge < -0.3 is 20.5 Å². The lowest BCUT2D eigenvalue weighted by atomic mass is 9.87. The molecule has 5 heteroatoms. The largest absolute Gasteiger partial charge is 0.380 e. The smallest absolute Gasteiger partial charge is 0.222 e. The highest BCUT2D eigenvalue weighted by Gasteiger charge is 2.28. The highest BCUT2D eigenvalue weighted by atomic mass is 16.5. The first-order chi connectivity index (χ1) is 9.08. The molecule has 3 unspecified atom stereocenters. The first-order valence-corrected chi connectivity index (χ1v) is 7.19. The second kappa shape index (κ2) is 8.51. The van der Waals surface area contributed by atoms with Crippen molar-refractivity contribution in [2.24, 2.45) is 17.6 Å². The van der Waals surface area contributed by atoms with Crippen molar-refractivity contribution >= 4 is 5.91 Å². The molecule has 1 amide bonds. The molecule has 1 fully saturated rings. The quantitative estimate of drug-likeness (QED) is 0.723. The van der Waals surface area contributed by atoms with E-state index in [4.69, 9.17) is 15.2 Å². The average molecular weight is 272 g/mol. The minimum Gasteiger partial charge on any atom is -0.380 e. The molecular formula is C14H28N2O3. The van der Waals surface area contributed by atoms with Gasteiger partial charge in [0.15, 0.2) is 0 Å². The summed E-state index contributed by atoms with van der Waals surface area (Å²) in [6, 6.07) is 0. The van der Waals surface area contributed by atoms with E-state index in [0.29, 0.717) is 31.3 Å². The molecule has 0 aromatic heterocycles. The molecule has 0 radical (unpaired) electrons. The van der Waals surface area contributed by atoms with Crippen molar-refractivity contribution in [1.82, 2.24) is 5.32 Å². The molecule has 19 heavy (non-hydrogen) atoms. The number of methoxy groups -OCH3 is 1. The van der Waals surface area contributed by atoms with Crippen LogP contribution in [0.4, 0.5) is 0 Å².